The number of carbonyl (C=O) groups excluding carboxylic acids is 1. The maximum atomic E-state index is 13.0. The predicted molar refractivity (Wildman–Crippen MR) is 86.5 cm³/mol. The molecule has 0 aliphatic carbocycles. The highest BCUT2D eigenvalue weighted by Gasteiger charge is 2.20. The van der Waals surface area contributed by atoms with Crippen LogP contribution in [-0.4, -0.2) is 18.2 Å². The summed E-state index contributed by atoms with van der Waals surface area (Å²) >= 11 is 0.848. The summed E-state index contributed by atoms with van der Waals surface area (Å²) in [5.41, 5.74) is 1.20. The molecule has 1 N–H and O–H groups in total. The number of methoxy groups -OCH3 is 1. The SMILES string of the molecule is COC(=O)c1c(O)c2ccc(-c3ccc(F)cc3)cc2sc1=O. The Morgan fingerprint density at radius 2 is 1.78 bits per heavy atom. The number of benzene rings is 2. The molecule has 2 aromatic carbocycles. The van der Waals surface area contributed by atoms with Gasteiger partial charge < -0.3 is 9.84 Å². The highest BCUT2D eigenvalue weighted by atomic mass is 32.1. The summed E-state index contributed by atoms with van der Waals surface area (Å²) in [5.74, 6) is -1.59. The third-order valence-electron chi connectivity index (χ3n) is 3.45. The second-order valence-corrected chi connectivity index (χ2v) is 5.84. The van der Waals surface area contributed by atoms with Crippen molar-refractivity contribution in [2.75, 3.05) is 7.11 Å². The molecule has 6 heteroatoms. The zero-order chi connectivity index (χ0) is 16.6. The minimum atomic E-state index is -0.867. The van der Waals surface area contributed by atoms with E-state index in [1.165, 1.54) is 12.1 Å². The number of ether oxygens (including phenoxy) is 1. The number of hydrogen-bond acceptors (Lipinski definition) is 5. The molecule has 1 heterocycles. The van der Waals surface area contributed by atoms with Gasteiger partial charge >= 0.3 is 5.97 Å². The summed E-state index contributed by atoms with van der Waals surface area (Å²) in [7, 11) is 1.15. The first-order chi connectivity index (χ1) is 11.0. The number of hydrogen-bond donors (Lipinski definition) is 1. The Morgan fingerprint density at radius 1 is 1.13 bits per heavy atom. The summed E-state index contributed by atoms with van der Waals surface area (Å²) in [4.78, 5) is 23.7. The van der Waals surface area contributed by atoms with Crippen LogP contribution in [0.3, 0.4) is 0 Å². The molecule has 1 aromatic heterocycles. The van der Waals surface area contributed by atoms with E-state index < -0.39 is 10.7 Å². The molecule has 0 aliphatic rings. The number of carbonyl (C=O) groups is 1. The van der Waals surface area contributed by atoms with Crippen LogP contribution in [0.4, 0.5) is 4.39 Å². The summed E-state index contributed by atoms with van der Waals surface area (Å²) in [6.45, 7) is 0. The molecule has 0 fully saturated rings. The molecule has 23 heavy (non-hydrogen) atoms. The molecule has 0 radical (unpaired) electrons. The first kappa shape index (κ1) is 15.2. The third-order valence-corrected chi connectivity index (χ3v) is 4.39. The van der Waals surface area contributed by atoms with Gasteiger partial charge in [0.1, 0.15) is 11.6 Å². The van der Waals surface area contributed by atoms with Gasteiger partial charge in [-0.1, -0.05) is 29.5 Å². The van der Waals surface area contributed by atoms with E-state index in [1.807, 2.05) is 0 Å². The zero-order valence-corrected chi connectivity index (χ0v) is 12.8. The van der Waals surface area contributed by atoms with Crippen LogP contribution in [-0.2, 0) is 4.74 Å². The maximum absolute atomic E-state index is 13.0. The van der Waals surface area contributed by atoms with Crippen LogP contribution in [0.5, 0.6) is 5.75 Å². The number of fused-ring (bicyclic) bond motifs is 1. The smallest absolute Gasteiger partial charge is 0.346 e. The molecule has 116 valence electrons. The molecule has 0 amide bonds. The average Bonchev–Trinajstić information content (AvgIpc) is 2.54. The van der Waals surface area contributed by atoms with Gasteiger partial charge in [0, 0.05) is 10.1 Å². The van der Waals surface area contributed by atoms with Crippen molar-refractivity contribution in [2.24, 2.45) is 0 Å². The van der Waals surface area contributed by atoms with E-state index in [1.54, 1.807) is 30.3 Å². The van der Waals surface area contributed by atoms with E-state index in [-0.39, 0.29) is 17.1 Å². The van der Waals surface area contributed by atoms with Gasteiger partial charge in [-0.3, -0.25) is 4.79 Å². The minimum absolute atomic E-state index is 0.334. The van der Waals surface area contributed by atoms with Crippen LogP contribution >= 0.6 is 11.3 Å². The molecule has 3 aromatic rings. The molecular formula is C17H11FO4S. The molecular weight excluding hydrogens is 319 g/mol. The third kappa shape index (κ3) is 2.68. The van der Waals surface area contributed by atoms with Crippen molar-refractivity contribution in [3.8, 4) is 16.9 Å². The number of halogens is 1. The Morgan fingerprint density at radius 3 is 2.43 bits per heavy atom. The quantitative estimate of drug-likeness (QED) is 0.730. The molecule has 0 saturated heterocycles. The Balaban J connectivity index is 2.20. The van der Waals surface area contributed by atoms with Gasteiger partial charge in [0.05, 0.1) is 7.11 Å². The molecule has 0 unspecified atom stereocenters. The molecule has 0 saturated carbocycles. The van der Waals surface area contributed by atoms with E-state index in [9.17, 15) is 19.1 Å². The first-order valence-electron chi connectivity index (χ1n) is 6.65. The second kappa shape index (κ2) is 5.81. The lowest BCUT2D eigenvalue weighted by Gasteiger charge is -2.07. The van der Waals surface area contributed by atoms with Crippen LogP contribution in [0, 0.1) is 5.82 Å². The lowest BCUT2D eigenvalue weighted by Crippen LogP contribution is -2.13. The Labute approximate surface area is 134 Å². The van der Waals surface area contributed by atoms with E-state index >= 15 is 0 Å². The summed E-state index contributed by atoms with van der Waals surface area (Å²) in [6, 6.07) is 11.0. The highest BCUT2D eigenvalue weighted by molar-refractivity contribution is 7.16. The Bertz CT molecular complexity index is 961. The summed E-state index contributed by atoms with van der Waals surface area (Å²) < 4.78 is 17.5. The van der Waals surface area contributed by atoms with Crippen LogP contribution in [0.2, 0.25) is 0 Å². The van der Waals surface area contributed by atoms with Crippen LogP contribution < -0.4 is 4.74 Å². The van der Waals surface area contributed by atoms with Gasteiger partial charge in [-0.2, -0.15) is 0 Å². The minimum Gasteiger partial charge on any atom is -0.506 e. The highest BCUT2D eigenvalue weighted by Crippen LogP contribution is 2.32. The largest absolute Gasteiger partial charge is 0.506 e. The normalized spacial score (nSPS) is 10.7. The second-order valence-electron chi connectivity index (χ2n) is 4.82. The van der Waals surface area contributed by atoms with Gasteiger partial charge in [-0.25, -0.2) is 9.18 Å². The molecule has 3 rings (SSSR count). The number of aromatic hydroxyl groups is 1. The van der Waals surface area contributed by atoms with Crippen molar-refractivity contribution in [2.45, 2.75) is 0 Å². The fourth-order valence-corrected chi connectivity index (χ4v) is 3.23. The van der Waals surface area contributed by atoms with E-state index in [0.717, 1.165) is 29.6 Å². The van der Waals surface area contributed by atoms with Crippen molar-refractivity contribution >= 4 is 27.4 Å². The van der Waals surface area contributed by atoms with Crippen LogP contribution in [0.15, 0.2) is 47.3 Å². The maximum Gasteiger partial charge on any atom is 0.346 e. The van der Waals surface area contributed by atoms with Crippen molar-refractivity contribution in [1.82, 2.24) is 0 Å². The van der Waals surface area contributed by atoms with E-state index in [4.69, 9.17) is 0 Å². The fraction of sp³-hybridized carbons (Fsp3) is 0.0588. The monoisotopic (exact) mass is 330 g/mol. The van der Waals surface area contributed by atoms with Crippen molar-refractivity contribution < 1.29 is 19.0 Å². The lowest BCUT2D eigenvalue weighted by atomic mass is 10.0. The zero-order valence-electron chi connectivity index (χ0n) is 12.0. The van der Waals surface area contributed by atoms with Crippen molar-refractivity contribution in [1.29, 1.82) is 0 Å². The van der Waals surface area contributed by atoms with Crippen LogP contribution in [0.25, 0.3) is 21.2 Å². The van der Waals surface area contributed by atoms with Gasteiger partial charge in [-0.05, 0) is 35.4 Å². The molecule has 0 spiro atoms. The van der Waals surface area contributed by atoms with Gasteiger partial charge in [0.15, 0.2) is 5.56 Å². The summed E-state index contributed by atoms with van der Waals surface area (Å²) in [6.07, 6.45) is 0. The number of rotatable bonds is 2. The van der Waals surface area contributed by atoms with Crippen LogP contribution in [0.1, 0.15) is 10.4 Å². The Kier molecular flexibility index (Phi) is 3.83. The fourth-order valence-electron chi connectivity index (χ4n) is 2.29. The van der Waals surface area contributed by atoms with Gasteiger partial charge in [0.2, 0.25) is 0 Å². The topological polar surface area (TPSA) is 63.6 Å². The molecule has 0 aliphatic heterocycles. The van der Waals surface area contributed by atoms with Gasteiger partial charge in [-0.15, -0.1) is 0 Å². The lowest BCUT2D eigenvalue weighted by molar-refractivity contribution is 0.0597. The average molecular weight is 330 g/mol. The van der Waals surface area contributed by atoms with Crippen molar-refractivity contribution in [3.05, 3.63) is 63.4 Å². The van der Waals surface area contributed by atoms with Crippen molar-refractivity contribution in [3.63, 3.8) is 0 Å². The molecule has 0 atom stereocenters. The number of esters is 1. The first-order valence-corrected chi connectivity index (χ1v) is 7.47. The van der Waals surface area contributed by atoms with E-state index in [2.05, 4.69) is 4.74 Å². The molecule has 4 nitrogen and oxygen atoms in total. The van der Waals surface area contributed by atoms with E-state index in [0.29, 0.717) is 10.1 Å². The standard InChI is InChI=1S/C17H11FO4S/c1-22-16(20)14-15(19)12-7-4-10(8-13(12)23-17(14)21)9-2-5-11(18)6-3-9/h2-8,19H,1H3. The van der Waals surface area contributed by atoms with Gasteiger partial charge in [0.25, 0.3) is 4.74 Å². The summed E-state index contributed by atoms with van der Waals surface area (Å²) in [5, 5.41) is 10.6. The molecule has 0 bridgehead atoms. The Hall–Kier alpha value is -2.73. The predicted octanol–water partition coefficient (Wildman–Crippen LogP) is 3.56.